The van der Waals surface area contributed by atoms with E-state index in [2.05, 4.69) is 13.0 Å². The van der Waals surface area contributed by atoms with Crippen LogP contribution in [0, 0.1) is 0 Å². The van der Waals surface area contributed by atoms with Gasteiger partial charge in [-0.25, -0.2) is 0 Å². The molecule has 1 N–H and O–H groups in total. The maximum Gasteiger partial charge on any atom is 0.0791 e. The van der Waals surface area contributed by atoms with E-state index in [0.29, 0.717) is 0 Å². The van der Waals surface area contributed by atoms with Crippen molar-refractivity contribution in [3.05, 3.63) is 48.8 Å². The summed E-state index contributed by atoms with van der Waals surface area (Å²) in [6.45, 7) is 2.09. The summed E-state index contributed by atoms with van der Waals surface area (Å²) in [5.41, 5.74) is 0. The number of allylic oxidation sites excluding steroid dienone is 7. The molecule has 0 atom stereocenters. The molecular formula is C10H14O. The summed E-state index contributed by atoms with van der Waals surface area (Å²) in [5.74, 6) is 0. The fourth-order valence-corrected chi connectivity index (χ4v) is 0.521. The Hall–Kier alpha value is -1.24. The van der Waals surface area contributed by atoms with E-state index in [9.17, 15) is 0 Å². The quantitative estimate of drug-likeness (QED) is 0.482. The Morgan fingerprint density at radius 3 is 2.00 bits per heavy atom. The second-order valence-electron chi connectivity index (χ2n) is 1.95. The van der Waals surface area contributed by atoms with E-state index in [1.54, 1.807) is 12.2 Å². The highest BCUT2D eigenvalue weighted by Gasteiger charge is 1.62. The standard InChI is InChI=1S/C10H14O/c1-2-3-4-5-6-7-8-9-10-11/h3-11H,2H2,1H3. The molecule has 0 aliphatic carbocycles. The zero-order valence-corrected chi connectivity index (χ0v) is 6.77. The van der Waals surface area contributed by atoms with Crippen LogP contribution in [0.3, 0.4) is 0 Å². The van der Waals surface area contributed by atoms with Crippen molar-refractivity contribution in [2.24, 2.45) is 0 Å². The summed E-state index contributed by atoms with van der Waals surface area (Å²) in [4.78, 5) is 0. The molecule has 0 aromatic rings. The Morgan fingerprint density at radius 2 is 1.45 bits per heavy atom. The number of aliphatic hydroxyl groups is 1. The first-order valence-corrected chi connectivity index (χ1v) is 3.71. The summed E-state index contributed by atoms with van der Waals surface area (Å²) >= 11 is 0. The Bertz CT molecular complexity index is 173. The Kier molecular flexibility index (Phi) is 7.77. The average Bonchev–Trinajstić information content (AvgIpc) is 2.03. The normalized spacial score (nSPS) is 13.2. The summed E-state index contributed by atoms with van der Waals surface area (Å²) in [6.07, 6.45) is 15.2. The lowest BCUT2D eigenvalue weighted by atomic mass is 10.3. The van der Waals surface area contributed by atoms with E-state index in [1.807, 2.05) is 24.3 Å². The molecule has 0 amide bonds. The lowest BCUT2D eigenvalue weighted by Gasteiger charge is -1.73. The van der Waals surface area contributed by atoms with Crippen molar-refractivity contribution in [2.75, 3.05) is 0 Å². The smallest absolute Gasteiger partial charge is 0.0791 e. The number of hydrogen-bond donors (Lipinski definition) is 1. The van der Waals surface area contributed by atoms with Crippen LogP contribution in [0.1, 0.15) is 13.3 Å². The molecule has 0 aliphatic heterocycles. The predicted octanol–water partition coefficient (Wildman–Crippen LogP) is 3.14. The summed E-state index contributed by atoms with van der Waals surface area (Å²) in [6, 6.07) is 0. The van der Waals surface area contributed by atoms with Crippen molar-refractivity contribution in [3.63, 3.8) is 0 Å². The molecule has 0 unspecified atom stereocenters. The third kappa shape index (κ3) is 8.76. The van der Waals surface area contributed by atoms with Crippen LogP contribution in [-0.4, -0.2) is 5.11 Å². The van der Waals surface area contributed by atoms with Crippen molar-refractivity contribution in [1.82, 2.24) is 0 Å². The fraction of sp³-hybridized carbons (Fsp3) is 0.200. The number of aliphatic hydroxyl groups excluding tert-OH is 1. The molecule has 11 heavy (non-hydrogen) atoms. The number of hydrogen-bond acceptors (Lipinski definition) is 1. The topological polar surface area (TPSA) is 20.2 Å². The van der Waals surface area contributed by atoms with Crippen LogP contribution in [0.5, 0.6) is 0 Å². The van der Waals surface area contributed by atoms with Crippen molar-refractivity contribution in [3.8, 4) is 0 Å². The van der Waals surface area contributed by atoms with E-state index >= 15 is 0 Å². The van der Waals surface area contributed by atoms with Gasteiger partial charge in [0.2, 0.25) is 0 Å². The molecule has 0 fully saturated rings. The minimum atomic E-state index is 1.01. The van der Waals surface area contributed by atoms with E-state index in [4.69, 9.17) is 5.11 Å². The third-order valence-corrected chi connectivity index (χ3v) is 1.01. The second kappa shape index (κ2) is 8.76. The van der Waals surface area contributed by atoms with E-state index < -0.39 is 0 Å². The minimum Gasteiger partial charge on any atom is -0.516 e. The van der Waals surface area contributed by atoms with Crippen molar-refractivity contribution in [1.29, 1.82) is 0 Å². The van der Waals surface area contributed by atoms with Crippen LogP contribution in [-0.2, 0) is 0 Å². The maximum absolute atomic E-state index is 8.24. The highest BCUT2D eigenvalue weighted by molar-refractivity contribution is 5.14. The zero-order valence-electron chi connectivity index (χ0n) is 6.77. The molecular weight excluding hydrogens is 136 g/mol. The van der Waals surface area contributed by atoms with Crippen LogP contribution < -0.4 is 0 Å². The molecule has 0 radical (unpaired) electrons. The molecule has 0 aromatic heterocycles. The predicted molar refractivity (Wildman–Crippen MR) is 49.5 cm³/mol. The molecule has 0 saturated heterocycles. The summed E-state index contributed by atoms with van der Waals surface area (Å²) < 4.78 is 0. The lowest BCUT2D eigenvalue weighted by molar-refractivity contribution is 0.474. The minimum absolute atomic E-state index is 1.01. The Labute approximate surface area is 68.1 Å². The molecule has 0 aromatic carbocycles. The van der Waals surface area contributed by atoms with Crippen molar-refractivity contribution < 1.29 is 5.11 Å². The van der Waals surface area contributed by atoms with Gasteiger partial charge in [-0.3, -0.25) is 0 Å². The van der Waals surface area contributed by atoms with E-state index in [0.717, 1.165) is 12.7 Å². The first-order chi connectivity index (χ1) is 5.41. The molecule has 0 heterocycles. The zero-order chi connectivity index (χ0) is 8.36. The first kappa shape index (κ1) is 9.76. The molecule has 0 spiro atoms. The maximum atomic E-state index is 8.24. The molecule has 1 heteroatoms. The van der Waals surface area contributed by atoms with E-state index in [1.165, 1.54) is 0 Å². The highest BCUT2D eigenvalue weighted by Crippen LogP contribution is 1.83. The Balaban J connectivity index is 3.51. The summed E-state index contributed by atoms with van der Waals surface area (Å²) in [5, 5.41) is 8.24. The molecule has 60 valence electrons. The van der Waals surface area contributed by atoms with Gasteiger partial charge in [0.15, 0.2) is 0 Å². The van der Waals surface area contributed by atoms with Gasteiger partial charge in [0.05, 0.1) is 6.26 Å². The van der Waals surface area contributed by atoms with Gasteiger partial charge in [0, 0.05) is 0 Å². The van der Waals surface area contributed by atoms with Gasteiger partial charge in [0.1, 0.15) is 0 Å². The van der Waals surface area contributed by atoms with Crippen LogP contribution in [0.4, 0.5) is 0 Å². The fourth-order valence-electron chi connectivity index (χ4n) is 0.521. The third-order valence-electron chi connectivity index (χ3n) is 1.01. The van der Waals surface area contributed by atoms with Crippen LogP contribution in [0.25, 0.3) is 0 Å². The van der Waals surface area contributed by atoms with Crippen LogP contribution in [0.2, 0.25) is 0 Å². The SMILES string of the molecule is CCC=CC=CC=CC=CO. The van der Waals surface area contributed by atoms with Gasteiger partial charge in [-0.1, -0.05) is 43.4 Å². The van der Waals surface area contributed by atoms with Gasteiger partial charge in [0.25, 0.3) is 0 Å². The van der Waals surface area contributed by atoms with Gasteiger partial charge in [-0.15, -0.1) is 0 Å². The van der Waals surface area contributed by atoms with Crippen LogP contribution >= 0.6 is 0 Å². The summed E-state index contributed by atoms with van der Waals surface area (Å²) in [7, 11) is 0. The van der Waals surface area contributed by atoms with Gasteiger partial charge in [-0.2, -0.15) is 0 Å². The average molecular weight is 150 g/mol. The highest BCUT2D eigenvalue weighted by atomic mass is 16.2. The largest absolute Gasteiger partial charge is 0.516 e. The second-order valence-corrected chi connectivity index (χ2v) is 1.95. The number of rotatable bonds is 4. The molecule has 0 saturated carbocycles. The van der Waals surface area contributed by atoms with Gasteiger partial charge in [-0.05, 0) is 12.5 Å². The monoisotopic (exact) mass is 150 g/mol. The first-order valence-electron chi connectivity index (χ1n) is 3.71. The molecule has 0 aliphatic rings. The van der Waals surface area contributed by atoms with Gasteiger partial charge < -0.3 is 5.11 Å². The molecule has 1 nitrogen and oxygen atoms in total. The van der Waals surface area contributed by atoms with E-state index in [-0.39, 0.29) is 0 Å². The van der Waals surface area contributed by atoms with Crippen molar-refractivity contribution >= 4 is 0 Å². The van der Waals surface area contributed by atoms with Crippen molar-refractivity contribution in [2.45, 2.75) is 13.3 Å². The Morgan fingerprint density at radius 1 is 0.909 bits per heavy atom. The van der Waals surface area contributed by atoms with Gasteiger partial charge >= 0.3 is 0 Å². The molecule has 0 bridgehead atoms. The lowest BCUT2D eigenvalue weighted by Crippen LogP contribution is -1.53. The molecule has 0 rings (SSSR count). The van der Waals surface area contributed by atoms with Crippen LogP contribution in [0.15, 0.2) is 48.8 Å².